The highest BCUT2D eigenvalue weighted by Crippen LogP contribution is 2.30. The second kappa shape index (κ2) is 11.0. The van der Waals surface area contributed by atoms with Crippen LogP contribution in [0.4, 0.5) is 18.9 Å². The largest absolute Gasteiger partial charge is 0.465 e. The molecule has 0 saturated carbocycles. The van der Waals surface area contributed by atoms with E-state index in [0.717, 1.165) is 30.5 Å². The summed E-state index contributed by atoms with van der Waals surface area (Å²) >= 11 is 0. The Hall–Kier alpha value is -4.21. The number of hydrogen-bond donors (Lipinski definition) is 1. The number of rotatable bonds is 5. The summed E-state index contributed by atoms with van der Waals surface area (Å²) < 4.78 is 43.4. The summed E-state index contributed by atoms with van der Waals surface area (Å²) in [7, 11) is 1.31. The van der Waals surface area contributed by atoms with Crippen molar-refractivity contribution in [2.45, 2.75) is 31.9 Å². The molecule has 1 saturated heterocycles. The van der Waals surface area contributed by atoms with E-state index in [1.54, 1.807) is 42.2 Å². The van der Waals surface area contributed by atoms with Crippen molar-refractivity contribution in [3.05, 3.63) is 94.3 Å². The minimum Gasteiger partial charge on any atom is -0.465 e. The van der Waals surface area contributed by atoms with Gasteiger partial charge in [-0.1, -0.05) is 18.2 Å². The molecule has 2 amide bonds. The van der Waals surface area contributed by atoms with E-state index in [4.69, 9.17) is 4.74 Å². The molecule has 3 aromatic rings. The smallest absolute Gasteiger partial charge is 0.433 e. The molecule has 4 rings (SSSR count). The van der Waals surface area contributed by atoms with Crippen molar-refractivity contribution in [1.82, 2.24) is 9.88 Å². The van der Waals surface area contributed by atoms with Crippen LogP contribution in [-0.4, -0.2) is 47.9 Å². The Bertz CT molecular complexity index is 1350. The van der Waals surface area contributed by atoms with E-state index >= 15 is 0 Å². The van der Waals surface area contributed by atoms with E-state index in [-0.39, 0.29) is 17.5 Å². The maximum absolute atomic E-state index is 13.1. The molecular formula is C28H26F3N3O4. The van der Waals surface area contributed by atoms with Gasteiger partial charge in [0.15, 0.2) is 0 Å². The number of piperidine rings is 1. The first-order valence-electron chi connectivity index (χ1n) is 12.0. The lowest BCUT2D eigenvalue weighted by Gasteiger charge is -2.32. The summed E-state index contributed by atoms with van der Waals surface area (Å²) in [5.41, 5.74) is 1.69. The fourth-order valence-electron chi connectivity index (χ4n) is 4.49. The molecule has 0 atom stereocenters. The van der Waals surface area contributed by atoms with Gasteiger partial charge in [-0.3, -0.25) is 9.59 Å². The van der Waals surface area contributed by atoms with Gasteiger partial charge in [-0.05, 0) is 79.3 Å². The molecule has 38 heavy (non-hydrogen) atoms. The number of esters is 1. The quantitative estimate of drug-likeness (QED) is 0.447. The fraction of sp³-hybridized carbons (Fsp3) is 0.286. The molecule has 1 fully saturated rings. The molecular weight excluding hydrogens is 499 g/mol. The average Bonchev–Trinajstić information content (AvgIpc) is 2.92. The number of benzene rings is 2. The third-order valence-corrected chi connectivity index (χ3v) is 6.57. The summed E-state index contributed by atoms with van der Waals surface area (Å²) in [6.07, 6.45) is -3.12. The van der Waals surface area contributed by atoms with Crippen LogP contribution in [0.2, 0.25) is 0 Å². The van der Waals surface area contributed by atoms with Crippen LogP contribution in [-0.2, 0) is 10.9 Å². The van der Waals surface area contributed by atoms with Gasteiger partial charge in [0.25, 0.3) is 11.8 Å². The van der Waals surface area contributed by atoms with Gasteiger partial charge in [-0.2, -0.15) is 13.2 Å². The van der Waals surface area contributed by atoms with E-state index < -0.39 is 23.7 Å². The maximum Gasteiger partial charge on any atom is 0.433 e. The van der Waals surface area contributed by atoms with Crippen LogP contribution < -0.4 is 5.32 Å². The number of amides is 2. The molecule has 0 bridgehead atoms. The lowest BCUT2D eigenvalue weighted by molar-refractivity contribution is -0.141. The molecule has 10 heteroatoms. The van der Waals surface area contributed by atoms with Crippen molar-refractivity contribution in [1.29, 1.82) is 0 Å². The molecule has 1 aliphatic rings. The van der Waals surface area contributed by atoms with Crippen LogP contribution in [0.1, 0.15) is 66.8 Å². The Morgan fingerprint density at radius 3 is 2.29 bits per heavy atom. The van der Waals surface area contributed by atoms with Gasteiger partial charge in [-0.15, -0.1) is 0 Å². The van der Waals surface area contributed by atoms with Crippen LogP contribution in [0.15, 0.2) is 60.7 Å². The molecule has 0 spiro atoms. The number of nitrogens with zero attached hydrogens (tertiary/aromatic N) is 2. The van der Waals surface area contributed by atoms with Gasteiger partial charge >= 0.3 is 12.1 Å². The fourth-order valence-corrected chi connectivity index (χ4v) is 4.49. The number of carbonyl (C=O) groups excluding carboxylic acids is 3. The lowest BCUT2D eigenvalue weighted by Crippen LogP contribution is -2.38. The minimum atomic E-state index is -4.63. The van der Waals surface area contributed by atoms with Crippen molar-refractivity contribution in [3.8, 4) is 0 Å². The number of pyridine rings is 1. The molecule has 0 radical (unpaired) electrons. The maximum atomic E-state index is 13.1. The number of ether oxygens (including phenoxy) is 1. The van der Waals surface area contributed by atoms with Crippen molar-refractivity contribution < 1.29 is 32.3 Å². The first-order valence-corrected chi connectivity index (χ1v) is 12.0. The third-order valence-electron chi connectivity index (χ3n) is 6.57. The van der Waals surface area contributed by atoms with Crippen LogP contribution in [0.3, 0.4) is 0 Å². The van der Waals surface area contributed by atoms with Gasteiger partial charge in [0.05, 0.1) is 12.7 Å². The van der Waals surface area contributed by atoms with E-state index in [0.29, 0.717) is 35.5 Å². The molecule has 7 nitrogen and oxygen atoms in total. The first kappa shape index (κ1) is 26.8. The molecule has 1 aliphatic heterocycles. The average molecular weight is 526 g/mol. The Morgan fingerprint density at radius 2 is 1.68 bits per heavy atom. The lowest BCUT2D eigenvalue weighted by atomic mass is 9.89. The topological polar surface area (TPSA) is 88.6 Å². The summed E-state index contributed by atoms with van der Waals surface area (Å²) in [5, 5.41) is 2.58. The van der Waals surface area contributed by atoms with Crippen LogP contribution >= 0.6 is 0 Å². The van der Waals surface area contributed by atoms with Crippen LogP contribution in [0, 0.1) is 6.92 Å². The van der Waals surface area contributed by atoms with Gasteiger partial charge in [0.1, 0.15) is 11.4 Å². The zero-order valence-electron chi connectivity index (χ0n) is 20.8. The second-order valence-corrected chi connectivity index (χ2v) is 9.07. The Balaban J connectivity index is 1.34. The minimum absolute atomic E-state index is 0.0846. The van der Waals surface area contributed by atoms with Crippen LogP contribution in [0.25, 0.3) is 0 Å². The zero-order valence-corrected chi connectivity index (χ0v) is 20.8. The summed E-state index contributed by atoms with van der Waals surface area (Å²) in [5.74, 6) is -1.05. The van der Waals surface area contributed by atoms with Gasteiger partial charge in [0, 0.05) is 24.3 Å². The van der Waals surface area contributed by atoms with Crippen LogP contribution in [0.5, 0.6) is 0 Å². The predicted molar refractivity (Wildman–Crippen MR) is 134 cm³/mol. The monoisotopic (exact) mass is 525 g/mol. The number of alkyl halides is 3. The summed E-state index contributed by atoms with van der Waals surface area (Å²) in [4.78, 5) is 42.4. The molecule has 0 unspecified atom stereocenters. The van der Waals surface area contributed by atoms with Gasteiger partial charge < -0.3 is 15.0 Å². The zero-order chi connectivity index (χ0) is 27.4. The molecule has 198 valence electrons. The molecule has 1 N–H and O–H groups in total. The molecule has 1 aromatic heterocycles. The highest BCUT2D eigenvalue weighted by atomic mass is 19.4. The number of aryl methyl sites for hydroxylation is 1. The number of carbonyl (C=O) groups is 3. The molecule has 2 heterocycles. The van der Waals surface area contributed by atoms with E-state index in [9.17, 15) is 27.6 Å². The highest BCUT2D eigenvalue weighted by Gasteiger charge is 2.33. The standard InChI is InChI=1S/C28H26F3N3O4/c1-17-16-20(27(37)38-2)8-11-22(17)26(36)34-14-12-19(13-15-34)18-6-9-21(10-7-18)32-25(35)23-4-3-5-24(33-23)28(29,30)31/h3-11,16,19H,12-15H2,1-2H3,(H,32,35). The number of anilines is 1. The van der Waals surface area contributed by atoms with Crippen molar-refractivity contribution in [3.63, 3.8) is 0 Å². The SMILES string of the molecule is COC(=O)c1ccc(C(=O)N2CCC(c3ccc(NC(=O)c4cccc(C(F)(F)F)n4)cc3)CC2)c(C)c1. The van der Waals surface area contributed by atoms with Crippen molar-refractivity contribution in [2.24, 2.45) is 0 Å². The third kappa shape index (κ3) is 6.01. The van der Waals surface area contributed by atoms with E-state index in [1.807, 2.05) is 12.1 Å². The normalized spacial score (nSPS) is 14.2. The number of halogens is 3. The molecule has 2 aromatic carbocycles. The number of aromatic nitrogens is 1. The Labute approximate surface area is 217 Å². The number of methoxy groups -OCH3 is 1. The first-order chi connectivity index (χ1) is 18.1. The van der Waals surface area contributed by atoms with Gasteiger partial charge in [-0.25, -0.2) is 9.78 Å². The van der Waals surface area contributed by atoms with Crippen molar-refractivity contribution in [2.75, 3.05) is 25.5 Å². The number of likely N-dealkylation sites (tertiary alicyclic amines) is 1. The summed E-state index contributed by atoms with van der Waals surface area (Å²) in [6, 6.07) is 15.2. The second-order valence-electron chi connectivity index (χ2n) is 9.07. The van der Waals surface area contributed by atoms with E-state index in [2.05, 4.69) is 10.3 Å². The Morgan fingerprint density at radius 1 is 1.00 bits per heavy atom. The number of hydrogen-bond acceptors (Lipinski definition) is 5. The highest BCUT2D eigenvalue weighted by molar-refractivity contribution is 6.03. The van der Waals surface area contributed by atoms with Crippen molar-refractivity contribution >= 4 is 23.5 Å². The molecule has 0 aliphatic carbocycles. The Kier molecular flexibility index (Phi) is 7.80. The van der Waals surface area contributed by atoms with E-state index in [1.165, 1.54) is 13.2 Å². The van der Waals surface area contributed by atoms with Gasteiger partial charge in [0.2, 0.25) is 0 Å². The number of nitrogens with one attached hydrogen (secondary N) is 1. The summed E-state index contributed by atoms with van der Waals surface area (Å²) in [6.45, 7) is 2.93. The predicted octanol–water partition coefficient (Wildman–Crippen LogP) is 5.47.